The van der Waals surface area contributed by atoms with Crippen molar-refractivity contribution in [1.29, 1.82) is 0 Å². The van der Waals surface area contributed by atoms with E-state index in [1.54, 1.807) is 6.20 Å². The number of rotatable bonds is 3. The molecule has 0 amide bonds. The maximum atomic E-state index is 5.68. The lowest BCUT2D eigenvalue weighted by Gasteiger charge is -2.23. The summed E-state index contributed by atoms with van der Waals surface area (Å²) in [6, 6.07) is 3.95. The number of hydrogen-bond donors (Lipinski definition) is 1. The molecule has 1 aliphatic rings. The van der Waals surface area contributed by atoms with Crippen LogP contribution in [0.15, 0.2) is 34.6 Å². The molecule has 1 unspecified atom stereocenters. The molecule has 16 heavy (non-hydrogen) atoms. The Kier molecular flexibility index (Phi) is 3.96. The van der Waals surface area contributed by atoms with Gasteiger partial charge in [-0.15, -0.1) is 0 Å². The van der Waals surface area contributed by atoms with Gasteiger partial charge in [-0.25, -0.2) is 0 Å². The number of nitrogens with zero attached hydrogens (tertiary/aromatic N) is 1. The van der Waals surface area contributed by atoms with Crippen molar-refractivity contribution < 1.29 is 4.74 Å². The first kappa shape index (κ1) is 11.6. The fourth-order valence-electron chi connectivity index (χ4n) is 1.80. The lowest BCUT2D eigenvalue weighted by molar-refractivity contribution is 0.168. The van der Waals surface area contributed by atoms with Gasteiger partial charge in [0.1, 0.15) is 11.8 Å². The van der Waals surface area contributed by atoms with E-state index in [0.717, 1.165) is 35.4 Å². The van der Waals surface area contributed by atoms with Crippen LogP contribution in [0.2, 0.25) is 0 Å². The summed E-state index contributed by atoms with van der Waals surface area (Å²) in [5.74, 6) is 0.980. The van der Waals surface area contributed by atoms with Crippen molar-refractivity contribution in [2.75, 3.05) is 13.7 Å². The highest BCUT2D eigenvalue weighted by atomic mass is 79.9. The zero-order valence-electron chi connectivity index (χ0n) is 9.24. The predicted octanol–water partition coefficient (Wildman–Crippen LogP) is 2.80. The van der Waals surface area contributed by atoms with E-state index in [0.29, 0.717) is 0 Å². The minimum Gasteiger partial charge on any atom is -0.496 e. The van der Waals surface area contributed by atoms with Gasteiger partial charge in [0.25, 0.3) is 0 Å². The first-order chi connectivity index (χ1) is 7.83. The quantitative estimate of drug-likeness (QED) is 0.926. The lowest BCUT2D eigenvalue weighted by Crippen LogP contribution is -2.23. The molecule has 1 aromatic rings. The zero-order chi connectivity index (χ0) is 11.4. The fourth-order valence-corrected chi connectivity index (χ4v) is 2.29. The molecule has 0 aliphatic carbocycles. The van der Waals surface area contributed by atoms with Gasteiger partial charge in [-0.05, 0) is 54.0 Å². The van der Waals surface area contributed by atoms with Gasteiger partial charge in [0.15, 0.2) is 0 Å². The Balaban J connectivity index is 2.28. The molecule has 0 spiro atoms. The third kappa shape index (κ3) is 2.44. The van der Waals surface area contributed by atoms with E-state index in [1.807, 2.05) is 19.2 Å². The molecule has 0 bridgehead atoms. The normalized spacial score (nSPS) is 17.5. The average Bonchev–Trinajstić information content (AvgIpc) is 2.34. The van der Waals surface area contributed by atoms with Crippen LogP contribution in [0.5, 0.6) is 0 Å². The van der Waals surface area contributed by atoms with E-state index < -0.39 is 0 Å². The van der Waals surface area contributed by atoms with E-state index in [1.165, 1.54) is 0 Å². The van der Waals surface area contributed by atoms with Crippen LogP contribution in [0, 0.1) is 0 Å². The standard InChI is InChI=1S/C12H15BrN2O/c1-14-12(10-6-2-3-8-16-10)11-9(13)5-4-7-15-11/h4-7,12,14H,2-3,8H2,1H3. The van der Waals surface area contributed by atoms with E-state index >= 15 is 0 Å². The molecule has 0 aromatic carbocycles. The summed E-state index contributed by atoms with van der Waals surface area (Å²) in [7, 11) is 1.92. The number of nitrogens with one attached hydrogen (secondary N) is 1. The van der Waals surface area contributed by atoms with Crippen molar-refractivity contribution >= 4 is 15.9 Å². The molecule has 4 heteroatoms. The van der Waals surface area contributed by atoms with Gasteiger partial charge < -0.3 is 10.1 Å². The molecule has 86 valence electrons. The van der Waals surface area contributed by atoms with Crippen molar-refractivity contribution in [3.05, 3.63) is 40.3 Å². The average molecular weight is 283 g/mol. The van der Waals surface area contributed by atoms with E-state index in [9.17, 15) is 0 Å². The Morgan fingerprint density at radius 2 is 2.44 bits per heavy atom. The predicted molar refractivity (Wildman–Crippen MR) is 67.0 cm³/mol. The van der Waals surface area contributed by atoms with Crippen molar-refractivity contribution in [3.8, 4) is 0 Å². The molecule has 2 rings (SSSR count). The van der Waals surface area contributed by atoms with Crippen molar-refractivity contribution in [1.82, 2.24) is 10.3 Å². The summed E-state index contributed by atoms with van der Waals surface area (Å²) in [4.78, 5) is 4.39. The summed E-state index contributed by atoms with van der Waals surface area (Å²) < 4.78 is 6.68. The van der Waals surface area contributed by atoms with Crippen molar-refractivity contribution in [2.24, 2.45) is 0 Å². The van der Waals surface area contributed by atoms with E-state index in [4.69, 9.17) is 4.74 Å². The van der Waals surface area contributed by atoms with Gasteiger partial charge >= 0.3 is 0 Å². The maximum Gasteiger partial charge on any atom is 0.115 e. The topological polar surface area (TPSA) is 34.1 Å². The number of halogens is 1. The summed E-state index contributed by atoms with van der Waals surface area (Å²) in [5.41, 5.74) is 0.971. The first-order valence-corrected chi connectivity index (χ1v) is 6.22. The lowest BCUT2D eigenvalue weighted by atomic mass is 10.1. The Hall–Kier alpha value is -0.870. The Morgan fingerprint density at radius 1 is 1.56 bits per heavy atom. The van der Waals surface area contributed by atoms with Gasteiger partial charge in [0.05, 0.1) is 12.3 Å². The van der Waals surface area contributed by atoms with E-state index in [-0.39, 0.29) is 6.04 Å². The Morgan fingerprint density at radius 3 is 3.06 bits per heavy atom. The van der Waals surface area contributed by atoms with Gasteiger partial charge in [-0.2, -0.15) is 0 Å². The third-order valence-electron chi connectivity index (χ3n) is 2.60. The van der Waals surface area contributed by atoms with Gasteiger partial charge in [0, 0.05) is 10.7 Å². The molecular formula is C12H15BrN2O. The molecule has 0 fully saturated rings. The number of pyridine rings is 1. The molecule has 0 saturated heterocycles. The molecule has 2 heterocycles. The number of allylic oxidation sites excluding steroid dienone is 1. The van der Waals surface area contributed by atoms with Gasteiger partial charge in [-0.3, -0.25) is 4.98 Å². The van der Waals surface area contributed by atoms with Crippen molar-refractivity contribution in [2.45, 2.75) is 18.9 Å². The molecule has 3 nitrogen and oxygen atoms in total. The van der Waals surface area contributed by atoms with Crippen LogP contribution in [0.1, 0.15) is 24.6 Å². The maximum absolute atomic E-state index is 5.68. The summed E-state index contributed by atoms with van der Waals surface area (Å²) in [5, 5.41) is 3.24. The third-order valence-corrected chi connectivity index (χ3v) is 3.27. The second-order valence-electron chi connectivity index (χ2n) is 3.69. The van der Waals surface area contributed by atoms with Crippen LogP contribution in [0.4, 0.5) is 0 Å². The summed E-state index contributed by atoms with van der Waals surface area (Å²) >= 11 is 3.52. The highest BCUT2D eigenvalue weighted by molar-refractivity contribution is 9.10. The molecule has 1 aliphatic heterocycles. The molecule has 0 saturated carbocycles. The highest BCUT2D eigenvalue weighted by Gasteiger charge is 2.21. The molecule has 1 atom stereocenters. The van der Waals surface area contributed by atoms with Crippen LogP contribution < -0.4 is 5.32 Å². The minimum atomic E-state index is 0.0378. The molecule has 0 radical (unpaired) electrons. The van der Waals surface area contributed by atoms with Crippen molar-refractivity contribution in [3.63, 3.8) is 0 Å². The van der Waals surface area contributed by atoms with Crippen LogP contribution in [0.3, 0.4) is 0 Å². The summed E-state index contributed by atoms with van der Waals surface area (Å²) in [6.07, 6.45) is 6.13. The fraction of sp³-hybridized carbons (Fsp3) is 0.417. The second-order valence-corrected chi connectivity index (χ2v) is 4.54. The first-order valence-electron chi connectivity index (χ1n) is 5.43. The molecular weight excluding hydrogens is 268 g/mol. The van der Waals surface area contributed by atoms with Crippen LogP contribution in [-0.4, -0.2) is 18.6 Å². The van der Waals surface area contributed by atoms with Crippen LogP contribution in [0.25, 0.3) is 0 Å². The highest BCUT2D eigenvalue weighted by Crippen LogP contribution is 2.28. The number of ether oxygens (including phenoxy) is 1. The zero-order valence-corrected chi connectivity index (χ0v) is 10.8. The van der Waals surface area contributed by atoms with Crippen LogP contribution in [-0.2, 0) is 4.74 Å². The smallest absolute Gasteiger partial charge is 0.115 e. The van der Waals surface area contributed by atoms with Gasteiger partial charge in [-0.1, -0.05) is 0 Å². The number of likely N-dealkylation sites (N-methyl/N-ethyl adjacent to an activating group) is 1. The van der Waals surface area contributed by atoms with E-state index in [2.05, 4.69) is 32.3 Å². The summed E-state index contributed by atoms with van der Waals surface area (Å²) in [6.45, 7) is 0.800. The van der Waals surface area contributed by atoms with Gasteiger partial charge in [0.2, 0.25) is 0 Å². The number of hydrogen-bond acceptors (Lipinski definition) is 3. The minimum absolute atomic E-state index is 0.0378. The molecule has 1 aromatic heterocycles. The largest absolute Gasteiger partial charge is 0.496 e. The number of aromatic nitrogens is 1. The molecule has 1 N–H and O–H groups in total. The Labute approximate surface area is 104 Å². The second kappa shape index (κ2) is 5.46. The Bertz CT molecular complexity index is 392. The monoisotopic (exact) mass is 282 g/mol. The SMILES string of the molecule is CNC(C1=CCCCO1)c1ncccc1Br. The van der Waals surface area contributed by atoms with Crippen LogP contribution >= 0.6 is 15.9 Å².